The Balaban J connectivity index is 3.05. The summed E-state index contributed by atoms with van der Waals surface area (Å²) in [5.74, 6) is -0.544. The van der Waals surface area contributed by atoms with E-state index in [-0.39, 0.29) is 12.5 Å². The van der Waals surface area contributed by atoms with Gasteiger partial charge in [-0.1, -0.05) is 19.9 Å². The number of pyridine rings is 1. The maximum atomic E-state index is 11.6. The van der Waals surface area contributed by atoms with Gasteiger partial charge < -0.3 is 10.8 Å². The highest BCUT2D eigenvalue weighted by Crippen LogP contribution is 2.30. The van der Waals surface area contributed by atoms with Gasteiger partial charge in [0, 0.05) is 24.9 Å². The molecule has 1 rings (SSSR count). The van der Waals surface area contributed by atoms with Crippen LogP contribution in [0.4, 0.5) is 0 Å². The summed E-state index contributed by atoms with van der Waals surface area (Å²) in [5.41, 5.74) is 6.68. The van der Waals surface area contributed by atoms with Crippen LogP contribution in [0.3, 0.4) is 0 Å². The molecule has 0 spiro atoms. The van der Waals surface area contributed by atoms with Crippen molar-refractivity contribution in [3.8, 4) is 0 Å². The number of aliphatic carboxylic acids is 1. The highest BCUT2D eigenvalue weighted by molar-refractivity contribution is 5.75. The number of carboxylic acids is 1. The predicted molar refractivity (Wildman–Crippen MR) is 71.3 cm³/mol. The lowest BCUT2D eigenvalue weighted by Gasteiger charge is -2.29. The average Bonchev–Trinajstić information content (AvgIpc) is 2.30. The number of hydrogen-bond donors (Lipinski definition) is 2. The van der Waals surface area contributed by atoms with E-state index in [0.29, 0.717) is 12.8 Å². The summed E-state index contributed by atoms with van der Waals surface area (Å²) < 4.78 is 0. The number of rotatable bonds is 6. The van der Waals surface area contributed by atoms with Crippen molar-refractivity contribution < 1.29 is 9.90 Å². The fourth-order valence-electron chi connectivity index (χ4n) is 2.28. The lowest BCUT2D eigenvalue weighted by Crippen LogP contribution is -2.42. The monoisotopic (exact) mass is 250 g/mol. The van der Waals surface area contributed by atoms with Gasteiger partial charge in [-0.3, -0.25) is 9.78 Å². The van der Waals surface area contributed by atoms with E-state index >= 15 is 0 Å². The maximum Gasteiger partial charge on any atom is 0.311 e. The van der Waals surface area contributed by atoms with Crippen LogP contribution in [0.15, 0.2) is 18.3 Å². The Morgan fingerprint density at radius 1 is 1.56 bits per heavy atom. The van der Waals surface area contributed by atoms with E-state index in [1.807, 2.05) is 32.9 Å². The quantitative estimate of drug-likeness (QED) is 0.809. The molecule has 0 radical (unpaired) electrons. The molecule has 0 amide bonds. The minimum absolute atomic E-state index is 0.135. The van der Waals surface area contributed by atoms with E-state index in [1.54, 1.807) is 6.20 Å². The van der Waals surface area contributed by atoms with Crippen LogP contribution in [0.5, 0.6) is 0 Å². The van der Waals surface area contributed by atoms with Crippen molar-refractivity contribution in [2.24, 2.45) is 17.1 Å². The molecular formula is C14H22N2O2. The lowest BCUT2D eigenvalue weighted by molar-refractivity contribution is -0.149. The zero-order valence-corrected chi connectivity index (χ0v) is 11.3. The average molecular weight is 250 g/mol. The van der Waals surface area contributed by atoms with Gasteiger partial charge in [0.15, 0.2) is 0 Å². The summed E-state index contributed by atoms with van der Waals surface area (Å²) in [7, 11) is 0. The molecule has 3 N–H and O–H groups in total. The number of nitrogens with two attached hydrogens (primary N) is 1. The topological polar surface area (TPSA) is 76.2 Å². The minimum atomic E-state index is -0.909. The Hall–Kier alpha value is -1.42. The Morgan fingerprint density at radius 3 is 2.67 bits per heavy atom. The lowest BCUT2D eigenvalue weighted by atomic mass is 9.76. The highest BCUT2D eigenvalue weighted by Gasteiger charge is 2.38. The zero-order valence-electron chi connectivity index (χ0n) is 11.3. The first-order chi connectivity index (χ1) is 8.41. The normalized spacial score (nSPS) is 14.5. The van der Waals surface area contributed by atoms with E-state index < -0.39 is 11.4 Å². The number of aryl methyl sites for hydroxylation is 1. The maximum absolute atomic E-state index is 11.6. The summed E-state index contributed by atoms with van der Waals surface area (Å²) >= 11 is 0. The Labute approximate surface area is 108 Å². The highest BCUT2D eigenvalue weighted by atomic mass is 16.4. The molecule has 4 nitrogen and oxygen atoms in total. The number of hydrogen-bond acceptors (Lipinski definition) is 3. The van der Waals surface area contributed by atoms with Crippen LogP contribution in [-0.2, 0) is 11.2 Å². The predicted octanol–water partition coefficient (Wildman–Crippen LogP) is 2.01. The Kier molecular flexibility index (Phi) is 4.84. The third kappa shape index (κ3) is 3.29. The SMILES string of the molecule is Cc1cccnc1CC(CN)(CC(C)C)C(=O)O. The van der Waals surface area contributed by atoms with Crippen molar-refractivity contribution >= 4 is 5.97 Å². The second-order valence-electron chi connectivity index (χ2n) is 5.33. The molecule has 0 fully saturated rings. The molecule has 1 aromatic rings. The second-order valence-corrected chi connectivity index (χ2v) is 5.33. The number of carboxylic acid groups (broad SMARTS) is 1. The van der Waals surface area contributed by atoms with Crippen molar-refractivity contribution in [3.63, 3.8) is 0 Å². The van der Waals surface area contributed by atoms with Gasteiger partial charge in [0.25, 0.3) is 0 Å². The van der Waals surface area contributed by atoms with E-state index in [4.69, 9.17) is 5.73 Å². The third-order valence-corrected chi connectivity index (χ3v) is 3.27. The first-order valence-electron chi connectivity index (χ1n) is 6.25. The standard InChI is InChI=1S/C14H22N2O2/c1-10(2)7-14(9-15,13(17)18)8-12-11(3)5-4-6-16-12/h4-6,10H,7-9,15H2,1-3H3,(H,17,18). The molecule has 0 aliphatic rings. The summed E-state index contributed by atoms with van der Waals surface area (Å²) in [4.78, 5) is 15.9. The van der Waals surface area contributed by atoms with Crippen molar-refractivity contribution in [2.75, 3.05) is 6.54 Å². The summed E-state index contributed by atoms with van der Waals surface area (Å²) in [6, 6.07) is 3.80. The van der Waals surface area contributed by atoms with Crippen LogP contribution in [0, 0.1) is 18.3 Å². The van der Waals surface area contributed by atoms with Gasteiger partial charge in [-0.05, 0) is 30.9 Å². The van der Waals surface area contributed by atoms with Gasteiger partial charge in [-0.15, -0.1) is 0 Å². The van der Waals surface area contributed by atoms with E-state index in [1.165, 1.54) is 0 Å². The molecule has 1 aromatic heterocycles. The van der Waals surface area contributed by atoms with Crippen LogP contribution >= 0.6 is 0 Å². The smallest absolute Gasteiger partial charge is 0.311 e. The van der Waals surface area contributed by atoms with E-state index in [2.05, 4.69) is 4.98 Å². The van der Waals surface area contributed by atoms with Crippen molar-refractivity contribution in [2.45, 2.75) is 33.6 Å². The van der Waals surface area contributed by atoms with Gasteiger partial charge in [0.05, 0.1) is 5.41 Å². The Morgan fingerprint density at radius 2 is 2.22 bits per heavy atom. The number of carbonyl (C=O) groups is 1. The van der Waals surface area contributed by atoms with Crippen molar-refractivity contribution in [1.29, 1.82) is 0 Å². The third-order valence-electron chi connectivity index (χ3n) is 3.27. The largest absolute Gasteiger partial charge is 0.481 e. The van der Waals surface area contributed by atoms with Gasteiger partial charge >= 0.3 is 5.97 Å². The van der Waals surface area contributed by atoms with Crippen molar-refractivity contribution in [3.05, 3.63) is 29.6 Å². The fraction of sp³-hybridized carbons (Fsp3) is 0.571. The first-order valence-corrected chi connectivity index (χ1v) is 6.25. The zero-order chi connectivity index (χ0) is 13.8. The fourth-order valence-corrected chi connectivity index (χ4v) is 2.28. The van der Waals surface area contributed by atoms with Crippen LogP contribution in [0.1, 0.15) is 31.5 Å². The van der Waals surface area contributed by atoms with Gasteiger partial charge in [0.2, 0.25) is 0 Å². The first kappa shape index (κ1) is 14.6. The second kappa shape index (κ2) is 5.96. The molecule has 100 valence electrons. The molecule has 1 atom stereocenters. The molecule has 4 heteroatoms. The molecular weight excluding hydrogens is 228 g/mol. The number of aromatic nitrogens is 1. The summed E-state index contributed by atoms with van der Waals surface area (Å²) in [6.07, 6.45) is 2.65. The summed E-state index contributed by atoms with van der Waals surface area (Å²) in [5, 5.41) is 9.52. The molecule has 0 saturated carbocycles. The van der Waals surface area contributed by atoms with E-state index in [9.17, 15) is 9.90 Å². The molecule has 0 aliphatic heterocycles. The molecule has 1 heterocycles. The van der Waals surface area contributed by atoms with Gasteiger partial charge in [-0.25, -0.2) is 0 Å². The molecule has 18 heavy (non-hydrogen) atoms. The van der Waals surface area contributed by atoms with Crippen LogP contribution in [0.2, 0.25) is 0 Å². The van der Waals surface area contributed by atoms with Gasteiger partial charge in [-0.2, -0.15) is 0 Å². The number of nitrogens with zero attached hydrogens (tertiary/aromatic N) is 1. The molecule has 0 saturated heterocycles. The minimum Gasteiger partial charge on any atom is -0.481 e. The molecule has 0 aliphatic carbocycles. The van der Waals surface area contributed by atoms with Crippen LogP contribution < -0.4 is 5.73 Å². The van der Waals surface area contributed by atoms with Crippen molar-refractivity contribution in [1.82, 2.24) is 4.98 Å². The molecule has 1 unspecified atom stereocenters. The summed E-state index contributed by atoms with van der Waals surface area (Å²) in [6.45, 7) is 6.11. The van der Waals surface area contributed by atoms with E-state index in [0.717, 1.165) is 11.3 Å². The molecule has 0 bridgehead atoms. The van der Waals surface area contributed by atoms with Gasteiger partial charge in [0.1, 0.15) is 0 Å². The van der Waals surface area contributed by atoms with Crippen LogP contribution in [0.25, 0.3) is 0 Å². The molecule has 0 aromatic carbocycles. The van der Waals surface area contributed by atoms with Crippen LogP contribution in [-0.4, -0.2) is 22.6 Å². The Bertz CT molecular complexity index is 418.